The van der Waals surface area contributed by atoms with E-state index in [1.807, 2.05) is 24.3 Å². The van der Waals surface area contributed by atoms with Gasteiger partial charge in [0, 0.05) is 16.2 Å². The highest BCUT2D eigenvalue weighted by molar-refractivity contribution is 9.10. The summed E-state index contributed by atoms with van der Waals surface area (Å²) in [5, 5.41) is 3.61. The number of nitrogens with zero attached hydrogens (tertiary/aromatic N) is 2. The van der Waals surface area contributed by atoms with Crippen molar-refractivity contribution in [2.45, 2.75) is 0 Å². The summed E-state index contributed by atoms with van der Waals surface area (Å²) in [7, 11) is 0. The quantitative estimate of drug-likeness (QED) is 0.839. The van der Waals surface area contributed by atoms with Gasteiger partial charge < -0.3 is 5.32 Å². The Labute approximate surface area is 111 Å². The van der Waals surface area contributed by atoms with Gasteiger partial charge in [0.15, 0.2) is 0 Å². The zero-order valence-electron chi connectivity index (χ0n) is 7.92. The van der Waals surface area contributed by atoms with E-state index >= 15 is 0 Å². The first-order chi connectivity index (χ1) is 7.63. The Morgan fingerprint density at radius 3 is 2.12 bits per heavy atom. The van der Waals surface area contributed by atoms with E-state index in [9.17, 15) is 0 Å². The molecule has 0 saturated heterocycles. The molecule has 0 aliphatic heterocycles. The first kappa shape index (κ1) is 11.6. The second-order valence-electron chi connectivity index (χ2n) is 2.97. The molecule has 0 unspecified atom stereocenters. The topological polar surface area (TPSA) is 37.8 Å². The SMILES string of the molecule is Clc1cc(Cl)nc(Nc2ccc(Br)cc2)n1. The van der Waals surface area contributed by atoms with Crippen molar-refractivity contribution in [3.63, 3.8) is 0 Å². The van der Waals surface area contributed by atoms with Gasteiger partial charge in [0.1, 0.15) is 10.3 Å². The number of hydrogen-bond donors (Lipinski definition) is 1. The van der Waals surface area contributed by atoms with E-state index in [1.54, 1.807) is 0 Å². The second-order valence-corrected chi connectivity index (χ2v) is 4.66. The molecule has 82 valence electrons. The number of anilines is 2. The number of benzene rings is 1. The fourth-order valence-electron chi connectivity index (χ4n) is 1.11. The van der Waals surface area contributed by atoms with Crippen LogP contribution in [0.15, 0.2) is 34.8 Å². The highest BCUT2D eigenvalue weighted by Crippen LogP contribution is 2.19. The summed E-state index contributed by atoms with van der Waals surface area (Å²) in [5.74, 6) is 0.375. The third kappa shape index (κ3) is 3.07. The smallest absolute Gasteiger partial charge is 0.230 e. The third-order valence-corrected chi connectivity index (χ3v) is 2.68. The molecule has 0 aliphatic carbocycles. The fourth-order valence-corrected chi connectivity index (χ4v) is 1.80. The van der Waals surface area contributed by atoms with Gasteiger partial charge in [-0.1, -0.05) is 39.1 Å². The summed E-state index contributed by atoms with van der Waals surface area (Å²) in [6, 6.07) is 9.09. The van der Waals surface area contributed by atoms with E-state index in [1.165, 1.54) is 6.07 Å². The zero-order chi connectivity index (χ0) is 11.5. The van der Waals surface area contributed by atoms with E-state index < -0.39 is 0 Å². The van der Waals surface area contributed by atoms with Crippen molar-refractivity contribution in [2.75, 3.05) is 5.32 Å². The van der Waals surface area contributed by atoms with Crippen LogP contribution in [0.3, 0.4) is 0 Å². The molecule has 1 aromatic carbocycles. The molecule has 1 heterocycles. The molecule has 0 aliphatic rings. The molecule has 0 fully saturated rings. The van der Waals surface area contributed by atoms with E-state index in [4.69, 9.17) is 23.2 Å². The molecule has 0 saturated carbocycles. The number of hydrogen-bond acceptors (Lipinski definition) is 3. The third-order valence-electron chi connectivity index (χ3n) is 1.76. The maximum atomic E-state index is 5.76. The van der Waals surface area contributed by atoms with Crippen LogP contribution in [0.25, 0.3) is 0 Å². The van der Waals surface area contributed by atoms with Crippen LogP contribution in [0.5, 0.6) is 0 Å². The van der Waals surface area contributed by atoms with Crippen LogP contribution in [-0.4, -0.2) is 9.97 Å². The Kier molecular flexibility index (Phi) is 3.63. The fraction of sp³-hybridized carbons (Fsp3) is 0. The minimum absolute atomic E-state index is 0.305. The average molecular weight is 319 g/mol. The molecule has 6 heteroatoms. The van der Waals surface area contributed by atoms with Gasteiger partial charge in [0.2, 0.25) is 5.95 Å². The maximum absolute atomic E-state index is 5.76. The Bertz CT molecular complexity index is 482. The minimum Gasteiger partial charge on any atom is -0.324 e. The number of aromatic nitrogens is 2. The molecule has 1 aromatic heterocycles. The van der Waals surface area contributed by atoms with E-state index in [0.717, 1.165) is 10.2 Å². The summed E-state index contributed by atoms with van der Waals surface area (Å²) >= 11 is 14.9. The molecule has 2 aromatic rings. The van der Waals surface area contributed by atoms with Crippen LogP contribution in [-0.2, 0) is 0 Å². The summed E-state index contributed by atoms with van der Waals surface area (Å²) < 4.78 is 1.00. The van der Waals surface area contributed by atoms with Gasteiger partial charge in [0.05, 0.1) is 0 Å². The van der Waals surface area contributed by atoms with Crippen molar-refractivity contribution in [1.82, 2.24) is 9.97 Å². The number of rotatable bonds is 2. The van der Waals surface area contributed by atoms with Crippen LogP contribution < -0.4 is 5.32 Å². The monoisotopic (exact) mass is 317 g/mol. The lowest BCUT2D eigenvalue weighted by molar-refractivity contribution is 1.17. The lowest BCUT2D eigenvalue weighted by atomic mass is 10.3. The second kappa shape index (κ2) is 4.99. The highest BCUT2D eigenvalue weighted by atomic mass is 79.9. The van der Waals surface area contributed by atoms with Crippen molar-refractivity contribution >= 4 is 50.8 Å². The van der Waals surface area contributed by atoms with Crippen LogP contribution >= 0.6 is 39.1 Å². The molecule has 0 atom stereocenters. The van der Waals surface area contributed by atoms with Crippen LogP contribution in [0.2, 0.25) is 10.3 Å². The summed E-state index contributed by atoms with van der Waals surface area (Å²) in [5.41, 5.74) is 0.863. The first-order valence-corrected chi connectivity index (χ1v) is 5.91. The van der Waals surface area contributed by atoms with Crippen LogP contribution in [0, 0.1) is 0 Å². The molecule has 3 nitrogen and oxygen atoms in total. The van der Waals surface area contributed by atoms with E-state index in [0.29, 0.717) is 16.3 Å². The lowest BCUT2D eigenvalue weighted by Crippen LogP contribution is -1.97. The Morgan fingerprint density at radius 2 is 1.56 bits per heavy atom. The Balaban J connectivity index is 2.23. The minimum atomic E-state index is 0.305. The Hall–Kier alpha value is -0.840. The average Bonchev–Trinajstić information content (AvgIpc) is 2.20. The van der Waals surface area contributed by atoms with Crippen molar-refractivity contribution < 1.29 is 0 Å². The number of halogens is 3. The normalized spacial score (nSPS) is 10.2. The molecule has 16 heavy (non-hydrogen) atoms. The molecule has 0 bridgehead atoms. The van der Waals surface area contributed by atoms with Gasteiger partial charge in [-0.05, 0) is 24.3 Å². The Morgan fingerprint density at radius 1 is 1.00 bits per heavy atom. The summed E-state index contributed by atoms with van der Waals surface area (Å²) in [6.45, 7) is 0. The zero-order valence-corrected chi connectivity index (χ0v) is 11.0. The standard InChI is InChI=1S/C10H6BrCl2N3/c11-6-1-3-7(4-2-6)14-10-15-8(12)5-9(13)16-10/h1-5H,(H,14,15,16). The van der Waals surface area contributed by atoms with Crippen molar-refractivity contribution in [3.8, 4) is 0 Å². The lowest BCUT2D eigenvalue weighted by Gasteiger charge is -2.05. The molecule has 0 amide bonds. The molecule has 0 radical (unpaired) electrons. The largest absolute Gasteiger partial charge is 0.324 e. The van der Waals surface area contributed by atoms with Crippen molar-refractivity contribution in [2.24, 2.45) is 0 Å². The van der Waals surface area contributed by atoms with Crippen LogP contribution in [0.1, 0.15) is 0 Å². The van der Waals surface area contributed by atoms with Gasteiger partial charge in [-0.15, -0.1) is 0 Å². The van der Waals surface area contributed by atoms with Crippen molar-refractivity contribution in [1.29, 1.82) is 0 Å². The van der Waals surface area contributed by atoms with Gasteiger partial charge in [-0.2, -0.15) is 0 Å². The first-order valence-electron chi connectivity index (χ1n) is 4.36. The summed E-state index contributed by atoms with van der Waals surface area (Å²) in [6.07, 6.45) is 0. The number of nitrogens with one attached hydrogen (secondary N) is 1. The van der Waals surface area contributed by atoms with Gasteiger partial charge in [-0.25, -0.2) is 9.97 Å². The van der Waals surface area contributed by atoms with Gasteiger partial charge in [0.25, 0.3) is 0 Å². The molecule has 1 N–H and O–H groups in total. The van der Waals surface area contributed by atoms with Gasteiger partial charge >= 0.3 is 0 Å². The molecule has 2 rings (SSSR count). The highest BCUT2D eigenvalue weighted by Gasteiger charge is 2.01. The van der Waals surface area contributed by atoms with E-state index in [-0.39, 0.29) is 0 Å². The maximum Gasteiger partial charge on any atom is 0.230 e. The molecular formula is C10H6BrCl2N3. The summed E-state index contributed by atoms with van der Waals surface area (Å²) in [4.78, 5) is 8.00. The van der Waals surface area contributed by atoms with Crippen LogP contribution in [0.4, 0.5) is 11.6 Å². The van der Waals surface area contributed by atoms with Crippen molar-refractivity contribution in [3.05, 3.63) is 45.1 Å². The molecule has 0 spiro atoms. The van der Waals surface area contributed by atoms with Gasteiger partial charge in [-0.3, -0.25) is 0 Å². The molecular weight excluding hydrogens is 313 g/mol. The van der Waals surface area contributed by atoms with E-state index in [2.05, 4.69) is 31.2 Å². The predicted octanol–water partition coefficient (Wildman–Crippen LogP) is 4.29. The predicted molar refractivity (Wildman–Crippen MR) is 69.5 cm³/mol.